The van der Waals surface area contributed by atoms with Crippen LogP contribution in [0.15, 0.2) is 22.7 Å². The molecule has 1 saturated heterocycles. The van der Waals surface area contributed by atoms with E-state index in [0.717, 1.165) is 35.7 Å². The quantitative estimate of drug-likeness (QED) is 0.903. The van der Waals surface area contributed by atoms with Gasteiger partial charge < -0.3 is 5.32 Å². The Bertz CT molecular complexity index is 364. The van der Waals surface area contributed by atoms with Gasteiger partial charge >= 0.3 is 0 Å². The van der Waals surface area contributed by atoms with Gasteiger partial charge in [0.2, 0.25) is 0 Å². The summed E-state index contributed by atoms with van der Waals surface area (Å²) < 4.78 is 1.10. The van der Waals surface area contributed by atoms with E-state index in [2.05, 4.69) is 39.1 Å². The van der Waals surface area contributed by atoms with Gasteiger partial charge in [-0.05, 0) is 24.6 Å². The van der Waals surface area contributed by atoms with Crippen LogP contribution >= 0.6 is 27.5 Å². The molecule has 0 saturated carbocycles. The SMILES string of the molecule is C[C@H](c1ccc(Cl)cc1Br)N1CCNCC1. The van der Waals surface area contributed by atoms with Crippen LogP contribution in [0.3, 0.4) is 0 Å². The lowest BCUT2D eigenvalue weighted by Crippen LogP contribution is -2.44. The van der Waals surface area contributed by atoms with Crippen LogP contribution in [0.2, 0.25) is 5.02 Å². The Morgan fingerprint density at radius 1 is 1.38 bits per heavy atom. The summed E-state index contributed by atoms with van der Waals surface area (Å²) in [7, 11) is 0. The summed E-state index contributed by atoms with van der Waals surface area (Å²) in [4.78, 5) is 2.49. The first-order valence-corrected chi connectivity index (χ1v) is 6.75. The fourth-order valence-electron chi connectivity index (χ4n) is 2.11. The van der Waals surface area contributed by atoms with Crippen LogP contribution in [0.4, 0.5) is 0 Å². The molecule has 1 heterocycles. The number of halogens is 2. The molecule has 0 spiro atoms. The standard InChI is InChI=1S/C12H16BrClN2/c1-9(16-6-4-15-5-7-16)11-3-2-10(14)8-12(11)13/h2-3,8-9,15H,4-7H2,1H3/t9-/m1/s1. The van der Waals surface area contributed by atoms with Crippen molar-refractivity contribution in [2.45, 2.75) is 13.0 Å². The predicted molar refractivity (Wildman–Crippen MR) is 72.0 cm³/mol. The van der Waals surface area contributed by atoms with Gasteiger partial charge in [0.1, 0.15) is 0 Å². The fourth-order valence-corrected chi connectivity index (χ4v) is 3.12. The maximum Gasteiger partial charge on any atom is 0.0417 e. The van der Waals surface area contributed by atoms with Gasteiger partial charge in [0, 0.05) is 41.7 Å². The van der Waals surface area contributed by atoms with Crippen molar-refractivity contribution in [3.63, 3.8) is 0 Å². The van der Waals surface area contributed by atoms with Crippen molar-refractivity contribution in [3.05, 3.63) is 33.3 Å². The van der Waals surface area contributed by atoms with Gasteiger partial charge in [-0.3, -0.25) is 4.90 Å². The van der Waals surface area contributed by atoms with Gasteiger partial charge in [0.05, 0.1) is 0 Å². The molecule has 2 nitrogen and oxygen atoms in total. The summed E-state index contributed by atoms with van der Waals surface area (Å²) in [5.41, 5.74) is 1.31. The average molecular weight is 304 g/mol. The Balaban J connectivity index is 2.15. The molecule has 0 amide bonds. The van der Waals surface area contributed by atoms with Crippen molar-refractivity contribution >= 4 is 27.5 Å². The molecule has 0 aliphatic carbocycles. The third kappa shape index (κ3) is 2.77. The molecule has 88 valence electrons. The number of hydrogen-bond donors (Lipinski definition) is 1. The van der Waals surface area contributed by atoms with Crippen molar-refractivity contribution in [1.29, 1.82) is 0 Å². The molecule has 1 atom stereocenters. The van der Waals surface area contributed by atoms with Crippen molar-refractivity contribution in [2.75, 3.05) is 26.2 Å². The third-order valence-electron chi connectivity index (χ3n) is 3.11. The number of nitrogens with one attached hydrogen (secondary N) is 1. The molecule has 1 fully saturated rings. The van der Waals surface area contributed by atoms with Crippen LogP contribution in [0.25, 0.3) is 0 Å². The number of nitrogens with zero attached hydrogens (tertiary/aromatic N) is 1. The predicted octanol–water partition coefficient (Wildman–Crippen LogP) is 3.07. The lowest BCUT2D eigenvalue weighted by molar-refractivity contribution is 0.185. The maximum atomic E-state index is 5.95. The molecule has 1 aromatic carbocycles. The van der Waals surface area contributed by atoms with E-state index in [1.165, 1.54) is 5.56 Å². The molecule has 2 rings (SSSR count). The topological polar surface area (TPSA) is 15.3 Å². The van der Waals surface area contributed by atoms with Crippen LogP contribution < -0.4 is 5.32 Å². The van der Waals surface area contributed by atoms with E-state index in [1.54, 1.807) is 0 Å². The van der Waals surface area contributed by atoms with Crippen molar-refractivity contribution < 1.29 is 0 Å². The highest BCUT2D eigenvalue weighted by molar-refractivity contribution is 9.10. The monoisotopic (exact) mass is 302 g/mol. The Morgan fingerprint density at radius 2 is 2.06 bits per heavy atom. The van der Waals surface area contributed by atoms with Gasteiger partial charge in [-0.2, -0.15) is 0 Å². The molecule has 1 aromatic rings. The lowest BCUT2D eigenvalue weighted by atomic mass is 10.1. The van der Waals surface area contributed by atoms with E-state index < -0.39 is 0 Å². The molecular formula is C12H16BrClN2. The second-order valence-electron chi connectivity index (χ2n) is 4.13. The normalized spacial score (nSPS) is 19.7. The molecule has 1 aliphatic heterocycles. The van der Waals surface area contributed by atoms with Gasteiger partial charge in [-0.25, -0.2) is 0 Å². The van der Waals surface area contributed by atoms with E-state index >= 15 is 0 Å². The van der Waals surface area contributed by atoms with Gasteiger partial charge in [0.15, 0.2) is 0 Å². The molecule has 0 bridgehead atoms. The number of hydrogen-bond acceptors (Lipinski definition) is 2. The number of rotatable bonds is 2. The van der Waals surface area contributed by atoms with Crippen LogP contribution in [-0.4, -0.2) is 31.1 Å². The third-order valence-corrected chi connectivity index (χ3v) is 4.03. The molecule has 16 heavy (non-hydrogen) atoms. The number of benzene rings is 1. The van der Waals surface area contributed by atoms with Gasteiger partial charge in [-0.1, -0.05) is 33.6 Å². The fraction of sp³-hybridized carbons (Fsp3) is 0.500. The summed E-state index contributed by atoms with van der Waals surface area (Å²) in [6, 6.07) is 6.48. The van der Waals surface area contributed by atoms with E-state index in [-0.39, 0.29) is 0 Å². The van der Waals surface area contributed by atoms with E-state index in [9.17, 15) is 0 Å². The summed E-state index contributed by atoms with van der Waals surface area (Å²) in [6.07, 6.45) is 0. The smallest absolute Gasteiger partial charge is 0.0417 e. The zero-order valence-corrected chi connectivity index (χ0v) is 11.7. The zero-order valence-electron chi connectivity index (χ0n) is 9.34. The van der Waals surface area contributed by atoms with E-state index in [4.69, 9.17) is 11.6 Å². The van der Waals surface area contributed by atoms with E-state index in [0.29, 0.717) is 6.04 Å². The Labute approximate surface area is 110 Å². The second kappa shape index (κ2) is 5.50. The minimum Gasteiger partial charge on any atom is -0.314 e. The summed E-state index contributed by atoms with van der Waals surface area (Å²) in [5, 5.41) is 4.15. The van der Waals surface area contributed by atoms with Crippen molar-refractivity contribution in [2.24, 2.45) is 0 Å². The first-order chi connectivity index (χ1) is 7.68. The Kier molecular flexibility index (Phi) is 4.25. The molecule has 1 N–H and O–H groups in total. The maximum absolute atomic E-state index is 5.95. The molecule has 1 aliphatic rings. The van der Waals surface area contributed by atoms with Crippen molar-refractivity contribution in [3.8, 4) is 0 Å². The molecular weight excluding hydrogens is 288 g/mol. The second-order valence-corrected chi connectivity index (χ2v) is 5.42. The molecule has 0 aromatic heterocycles. The van der Waals surface area contributed by atoms with E-state index in [1.807, 2.05) is 12.1 Å². The van der Waals surface area contributed by atoms with Crippen molar-refractivity contribution in [1.82, 2.24) is 10.2 Å². The number of piperazine rings is 1. The first kappa shape index (κ1) is 12.4. The largest absolute Gasteiger partial charge is 0.314 e. The Morgan fingerprint density at radius 3 is 2.69 bits per heavy atom. The summed E-state index contributed by atoms with van der Waals surface area (Å²) >= 11 is 9.54. The van der Waals surface area contributed by atoms with Gasteiger partial charge in [0.25, 0.3) is 0 Å². The van der Waals surface area contributed by atoms with Crippen LogP contribution in [0, 0.1) is 0 Å². The minimum absolute atomic E-state index is 0.439. The van der Waals surface area contributed by atoms with Gasteiger partial charge in [-0.15, -0.1) is 0 Å². The Hall–Kier alpha value is -0.0900. The summed E-state index contributed by atoms with van der Waals surface area (Å²) in [6.45, 7) is 6.62. The van der Waals surface area contributed by atoms with Crippen LogP contribution in [0.1, 0.15) is 18.5 Å². The first-order valence-electron chi connectivity index (χ1n) is 5.58. The zero-order chi connectivity index (χ0) is 11.5. The minimum atomic E-state index is 0.439. The summed E-state index contributed by atoms with van der Waals surface area (Å²) in [5.74, 6) is 0. The average Bonchev–Trinajstić information content (AvgIpc) is 2.29. The molecule has 0 radical (unpaired) electrons. The lowest BCUT2D eigenvalue weighted by Gasteiger charge is -2.33. The van der Waals surface area contributed by atoms with Crippen LogP contribution in [-0.2, 0) is 0 Å². The van der Waals surface area contributed by atoms with Crippen LogP contribution in [0.5, 0.6) is 0 Å². The highest BCUT2D eigenvalue weighted by Gasteiger charge is 2.19. The highest BCUT2D eigenvalue weighted by atomic mass is 79.9. The molecule has 0 unspecified atom stereocenters. The highest BCUT2D eigenvalue weighted by Crippen LogP contribution is 2.29. The molecule has 4 heteroatoms.